The summed E-state index contributed by atoms with van der Waals surface area (Å²) in [5, 5.41) is 10.8. The molecule has 0 radical (unpaired) electrons. The number of alkyl carbamates (subject to hydrolysis) is 1. The monoisotopic (exact) mass is 677 g/mol. The summed E-state index contributed by atoms with van der Waals surface area (Å²) in [6.07, 6.45) is 3.73. The van der Waals surface area contributed by atoms with Gasteiger partial charge in [0.1, 0.15) is 17.7 Å². The van der Waals surface area contributed by atoms with Crippen LogP contribution in [0.2, 0.25) is 0 Å². The Labute approximate surface area is 294 Å². The summed E-state index contributed by atoms with van der Waals surface area (Å²) >= 11 is 0. The highest BCUT2D eigenvalue weighted by Gasteiger charge is 2.56. The Morgan fingerprint density at radius 2 is 1.47 bits per heavy atom. The van der Waals surface area contributed by atoms with Gasteiger partial charge in [-0.05, 0) is 90.6 Å². The number of carbonyl (C=O) groups is 2. The van der Waals surface area contributed by atoms with Crippen molar-refractivity contribution in [3.63, 3.8) is 0 Å². The minimum absolute atomic E-state index is 0.0816. The van der Waals surface area contributed by atoms with Crippen LogP contribution in [-0.4, -0.2) is 62.1 Å². The fourth-order valence-corrected chi connectivity index (χ4v) is 8.67. The van der Waals surface area contributed by atoms with Crippen LogP contribution in [0.3, 0.4) is 0 Å². The van der Waals surface area contributed by atoms with Gasteiger partial charge in [0.05, 0.1) is 41.3 Å². The standard InChI is InChI=1S/C41H39N7O3/c1-20(2)35(47-41(50)51-3)40(49)48-33-18-26(33)19-34(48)39-44-30-13-9-24-15-22(7-11-28(24)37(30)46-39)5-4-21-6-10-27-23(14-21)8-12-29-36(27)45-38(43-29)32-17-25-16-31(25)42-32/h6-15,20,25-26,31-35,42H,16-19H2,1-3H3,(H,43,45)(H,44,46)(H,47,50)/t25-,26-,31-,32+,33-,34+,35+/m1/s1. The topological polar surface area (TPSA) is 128 Å². The Bertz CT molecular complexity index is 2480. The third-order valence-electron chi connectivity index (χ3n) is 11.6. The Morgan fingerprint density at radius 1 is 0.824 bits per heavy atom. The van der Waals surface area contributed by atoms with Gasteiger partial charge in [0.2, 0.25) is 5.91 Å². The van der Waals surface area contributed by atoms with E-state index in [0.29, 0.717) is 18.0 Å². The maximum absolute atomic E-state index is 13.9. The van der Waals surface area contributed by atoms with Crippen LogP contribution in [0.1, 0.15) is 74.4 Å². The maximum Gasteiger partial charge on any atom is 0.407 e. The average Bonchev–Trinajstić information content (AvgIpc) is 3.74. The van der Waals surface area contributed by atoms with E-state index in [1.165, 1.54) is 20.0 Å². The van der Waals surface area contributed by atoms with Crippen LogP contribution < -0.4 is 10.6 Å². The zero-order valence-corrected chi connectivity index (χ0v) is 28.8. The van der Waals surface area contributed by atoms with Crippen molar-refractivity contribution in [3.8, 4) is 11.8 Å². The Kier molecular flexibility index (Phi) is 6.74. The number of nitrogens with zero attached hydrogens (tertiary/aromatic N) is 3. The largest absolute Gasteiger partial charge is 0.453 e. The second-order valence-corrected chi connectivity index (χ2v) is 15.3. The van der Waals surface area contributed by atoms with E-state index in [2.05, 4.69) is 87.0 Å². The van der Waals surface area contributed by atoms with E-state index in [0.717, 1.165) is 85.1 Å². The van der Waals surface area contributed by atoms with Gasteiger partial charge in [-0.15, -0.1) is 0 Å². The molecule has 2 aliphatic carbocycles. The van der Waals surface area contributed by atoms with Crippen molar-refractivity contribution >= 4 is 55.6 Å². The van der Waals surface area contributed by atoms with Gasteiger partial charge in [-0.1, -0.05) is 50.0 Å². The molecule has 0 unspecified atom stereocenters. The molecule has 0 spiro atoms. The number of aromatic nitrogens is 4. The van der Waals surface area contributed by atoms with E-state index in [-0.39, 0.29) is 23.9 Å². The summed E-state index contributed by atoms with van der Waals surface area (Å²) in [7, 11) is 1.31. The summed E-state index contributed by atoms with van der Waals surface area (Å²) in [6, 6.07) is 21.4. The highest BCUT2D eigenvalue weighted by molar-refractivity contribution is 6.05. The lowest BCUT2D eigenvalue weighted by Gasteiger charge is -2.31. The van der Waals surface area contributed by atoms with Crippen LogP contribution in [0.15, 0.2) is 60.7 Å². The lowest BCUT2D eigenvalue weighted by Crippen LogP contribution is -2.52. The average molecular weight is 678 g/mol. The minimum Gasteiger partial charge on any atom is -0.453 e. The first kappa shape index (κ1) is 30.4. The van der Waals surface area contributed by atoms with Gasteiger partial charge < -0.3 is 30.2 Å². The van der Waals surface area contributed by atoms with Crippen LogP contribution in [-0.2, 0) is 9.53 Å². The first-order valence-electron chi connectivity index (χ1n) is 18.1. The minimum atomic E-state index is -0.663. The van der Waals surface area contributed by atoms with Gasteiger partial charge in [0.15, 0.2) is 0 Å². The molecular weight excluding hydrogens is 638 g/mol. The van der Waals surface area contributed by atoms with Gasteiger partial charge in [-0.2, -0.15) is 0 Å². The number of hydrogen-bond donors (Lipinski definition) is 4. The number of methoxy groups -OCH3 is 1. The Hall–Kier alpha value is -5.40. The van der Waals surface area contributed by atoms with Crippen LogP contribution in [0, 0.1) is 29.6 Å². The Morgan fingerprint density at radius 3 is 2.08 bits per heavy atom. The molecule has 4 aromatic carbocycles. The van der Waals surface area contributed by atoms with Crippen molar-refractivity contribution < 1.29 is 14.3 Å². The number of imidazole rings is 2. The molecule has 51 heavy (non-hydrogen) atoms. The molecule has 2 aromatic heterocycles. The normalized spacial score (nSPS) is 25.2. The van der Waals surface area contributed by atoms with Crippen molar-refractivity contribution in [3.05, 3.63) is 83.4 Å². The molecule has 7 atom stereocenters. The fourth-order valence-electron chi connectivity index (χ4n) is 8.67. The molecule has 6 aromatic rings. The lowest BCUT2D eigenvalue weighted by molar-refractivity contribution is -0.136. The second kappa shape index (κ2) is 11.3. The quantitative estimate of drug-likeness (QED) is 0.152. The van der Waals surface area contributed by atoms with E-state index in [1.54, 1.807) is 0 Å². The number of rotatable bonds is 5. The summed E-state index contributed by atoms with van der Waals surface area (Å²) in [4.78, 5) is 45.1. The number of H-pyrrole nitrogens is 2. The molecular formula is C41H39N7O3. The van der Waals surface area contributed by atoms with Gasteiger partial charge >= 0.3 is 6.09 Å². The highest BCUT2D eigenvalue weighted by atomic mass is 16.5. The molecule has 4 N–H and O–H groups in total. The molecule has 10 rings (SSSR count). The Balaban J connectivity index is 0.909. The first-order valence-corrected chi connectivity index (χ1v) is 18.1. The van der Waals surface area contributed by atoms with E-state index >= 15 is 0 Å². The number of fused-ring (bicyclic) bond motifs is 8. The second-order valence-electron chi connectivity index (χ2n) is 15.3. The molecule has 0 bridgehead atoms. The lowest BCUT2D eigenvalue weighted by atomic mass is 10.0. The molecule has 2 saturated heterocycles. The highest BCUT2D eigenvalue weighted by Crippen LogP contribution is 2.53. The summed E-state index contributed by atoms with van der Waals surface area (Å²) in [5.74, 6) is 9.70. The van der Waals surface area contributed by atoms with Gasteiger partial charge in [-0.25, -0.2) is 14.8 Å². The van der Waals surface area contributed by atoms with Crippen LogP contribution in [0.25, 0.3) is 43.6 Å². The van der Waals surface area contributed by atoms with Crippen molar-refractivity contribution in [2.75, 3.05) is 7.11 Å². The number of likely N-dealkylation sites (tertiary alicyclic amines) is 1. The molecule has 4 aliphatic rings. The zero-order chi connectivity index (χ0) is 34.5. The zero-order valence-electron chi connectivity index (χ0n) is 28.8. The van der Waals surface area contributed by atoms with Gasteiger partial charge in [-0.3, -0.25) is 4.79 Å². The number of ether oxygens (including phenoxy) is 1. The number of aromatic amines is 2. The molecule has 2 amide bonds. The van der Waals surface area contributed by atoms with E-state index in [9.17, 15) is 9.59 Å². The molecule has 2 saturated carbocycles. The molecule has 256 valence electrons. The molecule has 10 nitrogen and oxygen atoms in total. The third kappa shape index (κ3) is 5.13. The SMILES string of the molecule is COC(=O)N[C@H](C(=O)N1[C@@H]2C[C@@H]2C[C@H]1c1nc2c(ccc3cc(C#Cc4ccc5c(ccc6[nH]c([C@@H]7C[C@H]8C[C@H]8N7)nc65)c4)ccc32)[nH]1)C(C)C. The number of amides is 2. The number of carbonyl (C=O) groups excluding carboxylic acids is 2. The van der Waals surface area contributed by atoms with E-state index in [4.69, 9.17) is 14.7 Å². The smallest absolute Gasteiger partial charge is 0.407 e. The number of benzene rings is 4. The maximum atomic E-state index is 13.9. The van der Waals surface area contributed by atoms with Crippen molar-refractivity contribution in [1.82, 2.24) is 35.5 Å². The molecule has 4 heterocycles. The van der Waals surface area contributed by atoms with Gasteiger partial charge in [0, 0.05) is 34.0 Å². The number of nitrogens with one attached hydrogen (secondary N) is 4. The van der Waals surface area contributed by atoms with Crippen LogP contribution in [0.5, 0.6) is 0 Å². The number of piperidine rings is 2. The molecule has 10 heteroatoms. The van der Waals surface area contributed by atoms with Crippen molar-refractivity contribution in [1.29, 1.82) is 0 Å². The van der Waals surface area contributed by atoms with Crippen LogP contribution >= 0.6 is 0 Å². The molecule has 4 fully saturated rings. The number of hydrogen-bond acceptors (Lipinski definition) is 6. The van der Waals surface area contributed by atoms with Crippen molar-refractivity contribution in [2.24, 2.45) is 17.8 Å². The summed E-state index contributed by atoms with van der Waals surface area (Å²) in [5.41, 5.74) is 5.79. The predicted molar refractivity (Wildman–Crippen MR) is 196 cm³/mol. The molecule has 2 aliphatic heterocycles. The van der Waals surface area contributed by atoms with E-state index in [1.807, 2.05) is 24.8 Å². The fraction of sp³-hybridized carbons (Fsp3) is 0.366. The van der Waals surface area contributed by atoms with Crippen LogP contribution in [0.4, 0.5) is 4.79 Å². The summed E-state index contributed by atoms with van der Waals surface area (Å²) < 4.78 is 4.81. The van der Waals surface area contributed by atoms with Gasteiger partial charge in [0.25, 0.3) is 0 Å². The van der Waals surface area contributed by atoms with Crippen molar-refractivity contribution in [2.45, 2.75) is 69.7 Å². The third-order valence-corrected chi connectivity index (χ3v) is 11.6. The summed E-state index contributed by atoms with van der Waals surface area (Å²) in [6.45, 7) is 3.87. The van der Waals surface area contributed by atoms with E-state index < -0.39 is 12.1 Å². The first-order chi connectivity index (χ1) is 24.8. The predicted octanol–water partition coefficient (Wildman–Crippen LogP) is 6.61.